The first kappa shape index (κ1) is 15.4. The number of benzene rings is 3. The lowest BCUT2D eigenvalue weighted by Crippen LogP contribution is -1.90. The molecule has 2 aromatic heterocycles. The average molecular weight is 369 g/mol. The number of hydrogen-bond acceptors (Lipinski definition) is 2. The maximum atomic E-state index is 8.36. The minimum absolute atomic E-state index is 0.638. The number of thiophene rings is 1. The Hall–Kier alpha value is -2.71. The third kappa shape index (κ3) is 2.72. The Morgan fingerprint density at radius 3 is 2.67 bits per heavy atom. The van der Waals surface area contributed by atoms with Crippen LogP contribution in [-0.2, 0) is 0 Å². The smallest absolute Gasteiger partial charge is 0.0719 e. The number of pyridine rings is 1. The molecule has 27 heavy (non-hydrogen) atoms. The van der Waals surface area contributed by atoms with Gasteiger partial charge in [-0.3, -0.25) is 4.98 Å². The molecule has 5 aromatic rings. The zero-order valence-corrected chi connectivity index (χ0v) is 16.5. The summed E-state index contributed by atoms with van der Waals surface area (Å²) in [5.74, 6) is -0.638. The van der Waals surface area contributed by atoms with E-state index in [1.165, 1.54) is 36.5 Å². The van der Waals surface area contributed by atoms with Crippen LogP contribution in [-0.4, -0.2) is 4.98 Å². The van der Waals surface area contributed by atoms with Crippen LogP contribution in [0.15, 0.2) is 66.9 Å². The Morgan fingerprint density at radius 2 is 1.81 bits per heavy atom. The number of fused-ring (bicyclic) bond motifs is 4. The van der Waals surface area contributed by atoms with E-state index in [1.807, 2.05) is 37.4 Å². The zero-order valence-electron chi connectivity index (χ0n) is 16.7. The molecule has 0 unspecified atom stereocenters. The molecule has 3 aromatic carbocycles. The number of nitrogens with zero attached hydrogens (tertiary/aromatic N) is 1. The van der Waals surface area contributed by atoms with Gasteiger partial charge in [-0.2, -0.15) is 0 Å². The minimum Gasteiger partial charge on any atom is -0.256 e. The molecule has 0 atom stereocenters. The first-order valence-corrected chi connectivity index (χ1v) is 10.0. The van der Waals surface area contributed by atoms with E-state index in [0.717, 1.165) is 16.8 Å². The number of hydrogen-bond donors (Lipinski definition) is 0. The Balaban J connectivity index is 1.79. The minimum atomic E-state index is -0.638. The Bertz CT molecular complexity index is 1360. The number of aryl methyl sites for hydroxylation is 1. The highest BCUT2D eigenvalue weighted by Crippen LogP contribution is 2.41. The molecule has 0 aliphatic rings. The van der Waals surface area contributed by atoms with Crippen molar-refractivity contribution in [2.24, 2.45) is 0 Å². The summed E-state index contributed by atoms with van der Waals surface area (Å²) in [5, 5.41) is 5.14. The maximum absolute atomic E-state index is 8.36. The summed E-state index contributed by atoms with van der Waals surface area (Å²) < 4.78 is 10.9. The Labute approximate surface area is 164 Å². The molecule has 0 fully saturated rings. The summed E-state index contributed by atoms with van der Waals surface area (Å²) >= 11 is 1.83. The van der Waals surface area contributed by atoms with E-state index in [9.17, 15) is 0 Å². The number of aromatic nitrogens is 1. The van der Waals surface area contributed by atoms with E-state index in [-0.39, 0.29) is 0 Å². The molecule has 132 valence electrons. The second kappa shape index (κ2) is 6.17. The van der Waals surface area contributed by atoms with Crippen molar-refractivity contribution in [3.63, 3.8) is 0 Å². The second-order valence-corrected chi connectivity index (χ2v) is 8.47. The Morgan fingerprint density at radius 1 is 0.926 bits per heavy atom. The molecule has 0 saturated heterocycles. The van der Waals surface area contributed by atoms with Crippen LogP contribution in [0.1, 0.15) is 32.2 Å². The van der Waals surface area contributed by atoms with Gasteiger partial charge >= 0.3 is 0 Å². The summed E-state index contributed by atoms with van der Waals surface area (Å²) in [6, 6.07) is 21.7. The van der Waals surface area contributed by atoms with E-state index < -0.39 is 5.89 Å². The van der Waals surface area contributed by atoms with Gasteiger partial charge < -0.3 is 0 Å². The third-order valence-corrected chi connectivity index (χ3v) is 6.43. The van der Waals surface area contributed by atoms with Crippen molar-refractivity contribution in [3.8, 4) is 11.3 Å². The topological polar surface area (TPSA) is 12.9 Å². The molecule has 0 amide bonds. The van der Waals surface area contributed by atoms with Gasteiger partial charge in [0.15, 0.2) is 0 Å². The van der Waals surface area contributed by atoms with Crippen molar-refractivity contribution < 1.29 is 1.37 Å². The molecule has 2 heterocycles. The van der Waals surface area contributed by atoms with Gasteiger partial charge in [0.1, 0.15) is 0 Å². The van der Waals surface area contributed by atoms with Gasteiger partial charge in [-0.05, 0) is 53.4 Å². The standard InChI is InChI=1S/C25H21NS/c1-15(2)17-9-10-26-23(13-17)21-6-4-5-20-22-12-18-8-7-16(3)11-19(18)14-24(22)27-25(20)21/h4-15H,1-3H3/i15D. The predicted molar refractivity (Wildman–Crippen MR) is 119 cm³/mol. The van der Waals surface area contributed by atoms with Gasteiger partial charge in [0.2, 0.25) is 0 Å². The van der Waals surface area contributed by atoms with Crippen LogP contribution in [0.4, 0.5) is 0 Å². The zero-order chi connectivity index (χ0) is 19.5. The van der Waals surface area contributed by atoms with Gasteiger partial charge in [0.05, 0.1) is 5.69 Å². The lowest BCUT2D eigenvalue weighted by molar-refractivity contribution is 0.864. The molecule has 2 heteroatoms. The van der Waals surface area contributed by atoms with Gasteiger partial charge in [-0.1, -0.05) is 55.8 Å². The lowest BCUT2D eigenvalue weighted by Gasteiger charge is -2.08. The highest BCUT2D eigenvalue weighted by molar-refractivity contribution is 7.26. The molecule has 5 rings (SSSR count). The second-order valence-electron chi connectivity index (χ2n) is 7.41. The molecule has 0 spiro atoms. The largest absolute Gasteiger partial charge is 0.256 e. The van der Waals surface area contributed by atoms with E-state index in [0.29, 0.717) is 0 Å². The molecule has 0 aliphatic heterocycles. The summed E-state index contributed by atoms with van der Waals surface area (Å²) in [6.07, 6.45) is 1.82. The SMILES string of the molecule is [2H]C(C)(C)c1ccnc(-c2cccc3c2sc2cc4cc(C)ccc4cc23)c1. The fourth-order valence-corrected chi connectivity index (χ4v) is 5.01. The van der Waals surface area contributed by atoms with Crippen molar-refractivity contribution in [2.75, 3.05) is 0 Å². The van der Waals surface area contributed by atoms with E-state index in [2.05, 4.69) is 66.5 Å². The van der Waals surface area contributed by atoms with Crippen molar-refractivity contribution in [2.45, 2.75) is 26.7 Å². The van der Waals surface area contributed by atoms with Crippen molar-refractivity contribution in [1.82, 2.24) is 4.98 Å². The highest BCUT2D eigenvalue weighted by atomic mass is 32.1. The Kier molecular flexibility index (Phi) is 3.51. The average Bonchev–Trinajstić information content (AvgIpc) is 3.03. The quantitative estimate of drug-likeness (QED) is 0.311. The fourth-order valence-electron chi connectivity index (χ4n) is 3.75. The van der Waals surface area contributed by atoms with Gasteiger partial charge in [-0.25, -0.2) is 0 Å². The van der Waals surface area contributed by atoms with Crippen molar-refractivity contribution in [1.29, 1.82) is 0 Å². The van der Waals surface area contributed by atoms with Crippen LogP contribution in [0.5, 0.6) is 0 Å². The van der Waals surface area contributed by atoms with Crippen molar-refractivity contribution in [3.05, 3.63) is 78.0 Å². The first-order valence-electron chi connectivity index (χ1n) is 9.73. The summed E-state index contributed by atoms with van der Waals surface area (Å²) in [5.41, 5.74) is 4.35. The monoisotopic (exact) mass is 368 g/mol. The molecular formula is C25H21NS. The van der Waals surface area contributed by atoms with E-state index >= 15 is 0 Å². The van der Waals surface area contributed by atoms with Crippen LogP contribution >= 0.6 is 11.3 Å². The van der Waals surface area contributed by atoms with Crippen LogP contribution in [0.2, 0.25) is 0 Å². The summed E-state index contributed by atoms with van der Waals surface area (Å²) in [7, 11) is 0. The maximum Gasteiger partial charge on any atom is 0.0719 e. The van der Waals surface area contributed by atoms with Gasteiger partial charge in [0, 0.05) is 33.3 Å². The first-order chi connectivity index (χ1) is 13.4. The molecule has 1 nitrogen and oxygen atoms in total. The van der Waals surface area contributed by atoms with Gasteiger partial charge in [-0.15, -0.1) is 11.3 Å². The summed E-state index contributed by atoms with van der Waals surface area (Å²) in [4.78, 5) is 4.63. The molecule has 0 bridgehead atoms. The molecule has 0 N–H and O–H groups in total. The fraction of sp³-hybridized carbons (Fsp3) is 0.160. The van der Waals surface area contributed by atoms with Crippen LogP contribution in [0.25, 0.3) is 42.2 Å². The highest BCUT2D eigenvalue weighted by Gasteiger charge is 2.13. The van der Waals surface area contributed by atoms with Crippen LogP contribution < -0.4 is 0 Å². The van der Waals surface area contributed by atoms with E-state index in [1.54, 1.807) is 0 Å². The number of rotatable bonds is 2. The van der Waals surface area contributed by atoms with Crippen LogP contribution in [0, 0.1) is 6.92 Å². The molecule has 0 radical (unpaired) electrons. The predicted octanol–water partition coefficient (Wildman–Crippen LogP) is 7.70. The molecule has 0 aliphatic carbocycles. The lowest BCUT2D eigenvalue weighted by atomic mass is 10.00. The van der Waals surface area contributed by atoms with Gasteiger partial charge in [0.25, 0.3) is 0 Å². The summed E-state index contributed by atoms with van der Waals surface area (Å²) in [6.45, 7) is 5.97. The molecular weight excluding hydrogens is 346 g/mol. The normalized spacial score (nSPS) is 12.8. The third-order valence-electron chi connectivity index (χ3n) is 5.22. The van der Waals surface area contributed by atoms with E-state index in [4.69, 9.17) is 1.37 Å². The van der Waals surface area contributed by atoms with Crippen molar-refractivity contribution >= 4 is 42.3 Å². The molecule has 0 saturated carbocycles. The van der Waals surface area contributed by atoms with Crippen LogP contribution in [0.3, 0.4) is 0 Å².